The first-order valence-electron chi connectivity index (χ1n) is 7.28. The SMILES string of the molecule is CCCCCCCCCC(O)c1cccc(Cl)c1Cl. The summed E-state index contributed by atoms with van der Waals surface area (Å²) in [7, 11) is 0. The van der Waals surface area contributed by atoms with Crippen LogP contribution in [0.15, 0.2) is 18.2 Å². The van der Waals surface area contributed by atoms with E-state index in [0.29, 0.717) is 10.0 Å². The molecule has 3 heteroatoms. The maximum absolute atomic E-state index is 10.1. The Balaban J connectivity index is 2.24. The van der Waals surface area contributed by atoms with E-state index in [1.165, 1.54) is 38.5 Å². The van der Waals surface area contributed by atoms with Crippen LogP contribution in [0, 0.1) is 0 Å². The summed E-state index contributed by atoms with van der Waals surface area (Å²) in [5, 5.41) is 11.1. The molecule has 1 aromatic carbocycles. The monoisotopic (exact) mass is 302 g/mol. The Morgan fingerprint density at radius 2 is 1.63 bits per heavy atom. The molecule has 0 aliphatic heterocycles. The fourth-order valence-electron chi connectivity index (χ4n) is 2.23. The molecule has 0 spiro atoms. The largest absolute Gasteiger partial charge is 0.388 e. The summed E-state index contributed by atoms with van der Waals surface area (Å²) < 4.78 is 0. The molecule has 0 heterocycles. The first-order valence-corrected chi connectivity index (χ1v) is 8.04. The predicted octanol–water partition coefficient (Wildman–Crippen LogP) is 6.17. The standard InChI is InChI=1S/C16H24Cl2O/c1-2-3-4-5-6-7-8-12-15(19)13-10-9-11-14(17)16(13)18/h9-11,15,19H,2-8,12H2,1H3. The summed E-state index contributed by atoms with van der Waals surface area (Å²) in [5.41, 5.74) is 0.750. The van der Waals surface area contributed by atoms with E-state index < -0.39 is 6.10 Å². The lowest BCUT2D eigenvalue weighted by Crippen LogP contribution is -1.98. The number of aliphatic hydroxyl groups excluding tert-OH is 1. The Bertz CT molecular complexity index is 366. The van der Waals surface area contributed by atoms with Gasteiger partial charge < -0.3 is 5.11 Å². The zero-order valence-electron chi connectivity index (χ0n) is 11.7. The molecule has 108 valence electrons. The van der Waals surface area contributed by atoms with E-state index in [9.17, 15) is 5.11 Å². The van der Waals surface area contributed by atoms with Crippen LogP contribution < -0.4 is 0 Å². The molecule has 0 aliphatic carbocycles. The molecule has 1 aromatic rings. The van der Waals surface area contributed by atoms with Crippen molar-refractivity contribution in [2.45, 2.75) is 64.4 Å². The highest BCUT2D eigenvalue weighted by Crippen LogP contribution is 2.32. The third kappa shape index (κ3) is 6.16. The molecule has 0 fully saturated rings. The second-order valence-electron chi connectivity index (χ2n) is 5.07. The van der Waals surface area contributed by atoms with Crippen molar-refractivity contribution in [3.05, 3.63) is 33.8 Å². The van der Waals surface area contributed by atoms with Crippen molar-refractivity contribution < 1.29 is 5.11 Å². The van der Waals surface area contributed by atoms with Crippen LogP contribution >= 0.6 is 23.2 Å². The van der Waals surface area contributed by atoms with Crippen molar-refractivity contribution in [1.29, 1.82) is 0 Å². The van der Waals surface area contributed by atoms with Crippen molar-refractivity contribution in [1.82, 2.24) is 0 Å². The van der Waals surface area contributed by atoms with Crippen molar-refractivity contribution >= 4 is 23.2 Å². The molecule has 0 amide bonds. The van der Waals surface area contributed by atoms with Gasteiger partial charge in [0.15, 0.2) is 0 Å². The Morgan fingerprint density at radius 3 is 2.32 bits per heavy atom. The molecule has 0 bridgehead atoms. The summed E-state index contributed by atoms with van der Waals surface area (Å²) >= 11 is 12.0. The van der Waals surface area contributed by atoms with E-state index >= 15 is 0 Å². The van der Waals surface area contributed by atoms with Gasteiger partial charge in [-0.25, -0.2) is 0 Å². The van der Waals surface area contributed by atoms with Gasteiger partial charge in [0, 0.05) is 5.56 Å². The first-order chi connectivity index (χ1) is 9.16. The molecule has 0 radical (unpaired) electrons. The fraction of sp³-hybridized carbons (Fsp3) is 0.625. The average Bonchev–Trinajstić information content (AvgIpc) is 2.40. The summed E-state index contributed by atoms with van der Waals surface area (Å²) in [4.78, 5) is 0. The van der Waals surface area contributed by atoms with E-state index in [4.69, 9.17) is 23.2 Å². The van der Waals surface area contributed by atoms with Crippen LogP contribution in [0.1, 0.15) is 70.0 Å². The lowest BCUT2D eigenvalue weighted by atomic mass is 10.0. The molecule has 1 atom stereocenters. The van der Waals surface area contributed by atoms with Gasteiger partial charge in [-0.1, -0.05) is 87.2 Å². The second kappa shape index (κ2) is 9.63. The highest BCUT2D eigenvalue weighted by Gasteiger charge is 2.12. The number of hydrogen-bond acceptors (Lipinski definition) is 1. The Morgan fingerprint density at radius 1 is 1.00 bits per heavy atom. The van der Waals surface area contributed by atoms with Crippen LogP contribution in [-0.2, 0) is 0 Å². The normalized spacial score (nSPS) is 12.6. The molecule has 19 heavy (non-hydrogen) atoms. The molecule has 0 aliphatic rings. The summed E-state index contributed by atoms with van der Waals surface area (Å²) in [6, 6.07) is 5.42. The Labute approximate surface area is 126 Å². The molecular formula is C16H24Cl2O. The Kier molecular flexibility index (Phi) is 8.52. The number of benzene rings is 1. The van der Waals surface area contributed by atoms with Crippen molar-refractivity contribution in [2.24, 2.45) is 0 Å². The summed E-state index contributed by atoms with van der Waals surface area (Å²) in [6.07, 6.45) is 8.99. The zero-order valence-corrected chi connectivity index (χ0v) is 13.2. The van der Waals surface area contributed by atoms with Gasteiger partial charge in [0.1, 0.15) is 0 Å². The average molecular weight is 303 g/mol. The first kappa shape index (κ1) is 16.8. The van der Waals surface area contributed by atoms with Crippen LogP contribution in [0.4, 0.5) is 0 Å². The minimum absolute atomic E-state index is 0.486. The molecule has 1 unspecified atom stereocenters. The predicted molar refractivity (Wildman–Crippen MR) is 84.0 cm³/mol. The zero-order chi connectivity index (χ0) is 14.1. The van der Waals surface area contributed by atoms with E-state index in [-0.39, 0.29) is 0 Å². The van der Waals surface area contributed by atoms with Gasteiger partial charge in [0.2, 0.25) is 0 Å². The number of hydrogen-bond donors (Lipinski definition) is 1. The van der Waals surface area contributed by atoms with Gasteiger partial charge in [0.05, 0.1) is 16.1 Å². The van der Waals surface area contributed by atoms with Crippen LogP contribution in [0.3, 0.4) is 0 Å². The molecule has 1 nitrogen and oxygen atoms in total. The number of aliphatic hydroxyl groups is 1. The lowest BCUT2D eigenvalue weighted by Gasteiger charge is -2.13. The second-order valence-corrected chi connectivity index (χ2v) is 5.85. The van der Waals surface area contributed by atoms with Gasteiger partial charge in [-0.05, 0) is 12.5 Å². The minimum atomic E-state index is -0.498. The number of halogens is 2. The maximum atomic E-state index is 10.1. The quantitative estimate of drug-likeness (QED) is 0.541. The highest BCUT2D eigenvalue weighted by molar-refractivity contribution is 6.42. The molecule has 1 rings (SSSR count). The fourth-order valence-corrected chi connectivity index (χ4v) is 2.66. The van der Waals surface area contributed by atoms with Crippen LogP contribution in [0.2, 0.25) is 10.0 Å². The minimum Gasteiger partial charge on any atom is -0.388 e. The third-order valence-electron chi connectivity index (χ3n) is 3.42. The van der Waals surface area contributed by atoms with Crippen molar-refractivity contribution in [3.63, 3.8) is 0 Å². The number of rotatable bonds is 9. The Hall–Kier alpha value is -0.240. The van der Waals surface area contributed by atoms with Crippen molar-refractivity contribution in [2.75, 3.05) is 0 Å². The number of unbranched alkanes of at least 4 members (excludes halogenated alkanes) is 6. The molecule has 0 saturated heterocycles. The van der Waals surface area contributed by atoms with Gasteiger partial charge in [-0.2, -0.15) is 0 Å². The van der Waals surface area contributed by atoms with Gasteiger partial charge in [-0.3, -0.25) is 0 Å². The van der Waals surface area contributed by atoms with Crippen LogP contribution in [0.25, 0.3) is 0 Å². The van der Waals surface area contributed by atoms with Crippen molar-refractivity contribution in [3.8, 4) is 0 Å². The summed E-state index contributed by atoms with van der Waals surface area (Å²) in [6.45, 7) is 2.23. The van der Waals surface area contributed by atoms with Gasteiger partial charge in [0.25, 0.3) is 0 Å². The molecular weight excluding hydrogens is 279 g/mol. The van der Waals surface area contributed by atoms with E-state index in [1.807, 2.05) is 12.1 Å². The van der Waals surface area contributed by atoms with E-state index in [2.05, 4.69) is 6.92 Å². The van der Waals surface area contributed by atoms with Crippen LogP contribution in [-0.4, -0.2) is 5.11 Å². The van der Waals surface area contributed by atoms with E-state index in [1.54, 1.807) is 6.07 Å². The van der Waals surface area contributed by atoms with E-state index in [0.717, 1.165) is 18.4 Å². The molecule has 0 saturated carbocycles. The topological polar surface area (TPSA) is 20.2 Å². The van der Waals surface area contributed by atoms with Gasteiger partial charge in [-0.15, -0.1) is 0 Å². The lowest BCUT2D eigenvalue weighted by molar-refractivity contribution is 0.163. The van der Waals surface area contributed by atoms with Gasteiger partial charge >= 0.3 is 0 Å². The summed E-state index contributed by atoms with van der Waals surface area (Å²) in [5.74, 6) is 0. The maximum Gasteiger partial charge on any atom is 0.0805 e. The molecule has 0 aromatic heterocycles. The molecule has 1 N–H and O–H groups in total. The third-order valence-corrected chi connectivity index (χ3v) is 4.26. The van der Waals surface area contributed by atoms with Crippen LogP contribution in [0.5, 0.6) is 0 Å². The highest BCUT2D eigenvalue weighted by atomic mass is 35.5. The smallest absolute Gasteiger partial charge is 0.0805 e.